The second-order valence-electron chi connectivity index (χ2n) is 4.35. The molecule has 2 aromatic rings. The minimum Gasteiger partial charge on any atom is -0.369 e. The lowest BCUT2D eigenvalue weighted by Crippen LogP contribution is -2.16. The molecule has 0 saturated heterocycles. The molecule has 2 heterocycles. The average Bonchev–Trinajstić information content (AvgIpc) is 2.48. The summed E-state index contributed by atoms with van der Waals surface area (Å²) in [5.74, 6) is 0.881. The first kappa shape index (κ1) is 13.9. The van der Waals surface area contributed by atoms with Gasteiger partial charge in [0.2, 0.25) is 0 Å². The van der Waals surface area contributed by atoms with E-state index in [1.54, 1.807) is 18.3 Å². The largest absolute Gasteiger partial charge is 0.369 e. The normalized spacial score (nSPS) is 10.1. The smallest absolute Gasteiger partial charge is 0.277 e. The Morgan fingerprint density at radius 3 is 2.75 bits per heavy atom. The molecule has 0 bridgehead atoms. The zero-order valence-electron chi connectivity index (χ0n) is 11.6. The standard InChI is InChI=1S/C14H17N5O/c1-3-8-15-12-7-6-11(18-19-12)14(20)17-13-10(2)5-4-9-16-13/h4-7,9H,3,8H2,1-2H3,(H,15,19)(H,16,17,20). The van der Waals surface area contributed by atoms with Crippen molar-refractivity contribution in [3.63, 3.8) is 0 Å². The van der Waals surface area contributed by atoms with Crippen molar-refractivity contribution in [3.05, 3.63) is 41.7 Å². The molecule has 0 spiro atoms. The summed E-state index contributed by atoms with van der Waals surface area (Å²) in [6.07, 6.45) is 2.63. The lowest BCUT2D eigenvalue weighted by Gasteiger charge is -2.06. The predicted molar refractivity (Wildman–Crippen MR) is 77.7 cm³/mol. The first-order chi connectivity index (χ1) is 9.70. The van der Waals surface area contributed by atoms with Crippen LogP contribution in [0.2, 0.25) is 0 Å². The third kappa shape index (κ3) is 3.50. The molecule has 0 atom stereocenters. The maximum Gasteiger partial charge on any atom is 0.277 e. The molecule has 104 valence electrons. The van der Waals surface area contributed by atoms with E-state index in [0.29, 0.717) is 11.6 Å². The number of amides is 1. The fraction of sp³-hybridized carbons (Fsp3) is 0.286. The highest BCUT2D eigenvalue weighted by atomic mass is 16.2. The summed E-state index contributed by atoms with van der Waals surface area (Å²) in [5, 5.41) is 13.7. The number of anilines is 2. The van der Waals surface area contributed by atoms with Crippen molar-refractivity contribution >= 4 is 17.5 Å². The molecule has 20 heavy (non-hydrogen) atoms. The lowest BCUT2D eigenvalue weighted by atomic mass is 10.3. The second kappa shape index (κ2) is 6.60. The van der Waals surface area contributed by atoms with E-state index < -0.39 is 0 Å². The topological polar surface area (TPSA) is 79.8 Å². The van der Waals surface area contributed by atoms with Crippen molar-refractivity contribution in [2.75, 3.05) is 17.2 Å². The number of aromatic nitrogens is 3. The van der Waals surface area contributed by atoms with E-state index in [9.17, 15) is 4.79 Å². The van der Waals surface area contributed by atoms with Gasteiger partial charge in [-0.05, 0) is 37.1 Å². The third-order valence-electron chi connectivity index (χ3n) is 2.69. The van der Waals surface area contributed by atoms with Crippen molar-refractivity contribution in [3.8, 4) is 0 Å². The highest BCUT2D eigenvalue weighted by Gasteiger charge is 2.10. The van der Waals surface area contributed by atoms with E-state index in [2.05, 4.69) is 32.7 Å². The van der Waals surface area contributed by atoms with Gasteiger partial charge in [-0.3, -0.25) is 4.79 Å². The zero-order chi connectivity index (χ0) is 14.4. The third-order valence-corrected chi connectivity index (χ3v) is 2.69. The molecule has 0 aliphatic rings. The number of aryl methyl sites for hydroxylation is 1. The minimum absolute atomic E-state index is 0.261. The van der Waals surface area contributed by atoms with Crippen LogP contribution in [0.3, 0.4) is 0 Å². The first-order valence-electron chi connectivity index (χ1n) is 6.51. The summed E-state index contributed by atoms with van der Waals surface area (Å²) < 4.78 is 0. The van der Waals surface area contributed by atoms with Crippen LogP contribution in [-0.2, 0) is 0 Å². The van der Waals surface area contributed by atoms with Crippen LogP contribution >= 0.6 is 0 Å². The van der Waals surface area contributed by atoms with Gasteiger partial charge in [0.1, 0.15) is 11.6 Å². The van der Waals surface area contributed by atoms with Gasteiger partial charge in [0.25, 0.3) is 5.91 Å². The van der Waals surface area contributed by atoms with E-state index in [1.807, 2.05) is 19.1 Å². The number of nitrogens with one attached hydrogen (secondary N) is 2. The van der Waals surface area contributed by atoms with Gasteiger partial charge < -0.3 is 10.6 Å². The van der Waals surface area contributed by atoms with Crippen LogP contribution in [0.25, 0.3) is 0 Å². The molecule has 0 saturated carbocycles. The van der Waals surface area contributed by atoms with E-state index in [4.69, 9.17) is 0 Å². The second-order valence-corrected chi connectivity index (χ2v) is 4.35. The number of nitrogens with zero attached hydrogens (tertiary/aromatic N) is 3. The number of carbonyl (C=O) groups excluding carboxylic acids is 1. The molecule has 2 rings (SSSR count). The molecule has 2 aromatic heterocycles. The van der Waals surface area contributed by atoms with Crippen molar-refractivity contribution < 1.29 is 4.79 Å². The fourth-order valence-corrected chi connectivity index (χ4v) is 1.59. The first-order valence-corrected chi connectivity index (χ1v) is 6.51. The van der Waals surface area contributed by atoms with Gasteiger partial charge in [-0.2, -0.15) is 0 Å². The average molecular weight is 271 g/mol. The molecule has 1 amide bonds. The summed E-state index contributed by atoms with van der Waals surface area (Å²) in [6, 6.07) is 7.08. The maximum absolute atomic E-state index is 12.0. The molecular formula is C14H17N5O. The Labute approximate surface area is 117 Å². The van der Waals surface area contributed by atoms with Crippen LogP contribution in [0.4, 0.5) is 11.6 Å². The van der Waals surface area contributed by atoms with Crippen LogP contribution in [-0.4, -0.2) is 27.6 Å². The molecular weight excluding hydrogens is 254 g/mol. The Morgan fingerprint density at radius 1 is 1.25 bits per heavy atom. The Balaban J connectivity index is 2.04. The number of rotatable bonds is 5. The molecule has 0 radical (unpaired) electrons. The summed E-state index contributed by atoms with van der Waals surface area (Å²) in [5.41, 5.74) is 1.16. The quantitative estimate of drug-likeness (QED) is 0.872. The van der Waals surface area contributed by atoms with Crippen molar-refractivity contribution in [2.24, 2.45) is 0 Å². The van der Waals surface area contributed by atoms with Crippen molar-refractivity contribution in [1.82, 2.24) is 15.2 Å². The molecule has 6 nitrogen and oxygen atoms in total. The molecule has 0 unspecified atom stereocenters. The predicted octanol–water partition coefficient (Wildman–Crippen LogP) is 2.25. The van der Waals surface area contributed by atoms with Gasteiger partial charge in [0.05, 0.1) is 0 Å². The molecule has 6 heteroatoms. The van der Waals surface area contributed by atoms with Gasteiger partial charge in [0.15, 0.2) is 5.69 Å². The van der Waals surface area contributed by atoms with E-state index >= 15 is 0 Å². The Hall–Kier alpha value is -2.50. The minimum atomic E-state index is -0.318. The lowest BCUT2D eigenvalue weighted by molar-refractivity contribution is 0.102. The number of hydrogen-bond donors (Lipinski definition) is 2. The fourth-order valence-electron chi connectivity index (χ4n) is 1.59. The Bertz CT molecular complexity index is 582. The molecule has 0 aliphatic carbocycles. The summed E-state index contributed by atoms with van der Waals surface area (Å²) in [6.45, 7) is 4.77. The van der Waals surface area contributed by atoms with Gasteiger partial charge in [-0.15, -0.1) is 10.2 Å². The SMILES string of the molecule is CCCNc1ccc(C(=O)Nc2ncccc2C)nn1. The Morgan fingerprint density at radius 2 is 2.10 bits per heavy atom. The van der Waals surface area contributed by atoms with E-state index in [0.717, 1.165) is 18.5 Å². The monoisotopic (exact) mass is 271 g/mol. The molecule has 2 N–H and O–H groups in total. The number of carbonyl (C=O) groups is 1. The van der Waals surface area contributed by atoms with Crippen molar-refractivity contribution in [2.45, 2.75) is 20.3 Å². The number of pyridine rings is 1. The summed E-state index contributed by atoms with van der Waals surface area (Å²) in [4.78, 5) is 16.1. The van der Waals surface area contributed by atoms with Crippen LogP contribution in [0, 0.1) is 6.92 Å². The van der Waals surface area contributed by atoms with E-state index in [1.165, 1.54) is 0 Å². The molecule has 0 aromatic carbocycles. The van der Waals surface area contributed by atoms with Gasteiger partial charge in [0, 0.05) is 12.7 Å². The van der Waals surface area contributed by atoms with Crippen LogP contribution in [0.15, 0.2) is 30.5 Å². The van der Waals surface area contributed by atoms with Gasteiger partial charge >= 0.3 is 0 Å². The molecule has 0 fully saturated rings. The molecule has 0 aliphatic heterocycles. The van der Waals surface area contributed by atoms with Crippen LogP contribution in [0.1, 0.15) is 29.4 Å². The van der Waals surface area contributed by atoms with Gasteiger partial charge in [-0.1, -0.05) is 13.0 Å². The zero-order valence-corrected chi connectivity index (χ0v) is 11.6. The summed E-state index contributed by atoms with van der Waals surface area (Å²) >= 11 is 0. The summed E-state index contributed by atoms with van der Waals surface area (Å²) in [7, 11) is 0. The van der Waals surface area contributed by atoms with Crippen LogP contribution in [0.5, 0.6) is 0 Å². The van der Waals surface area contributed by atoms with E-state index in [-0.39, 0.29) is 11.6 Å². The highest BCUT2D eigenvalue weighted by Crippen LogP contribution is 2.11. The highest BCUT2D eigenvalue weighted by molar-refractivity contribution is 6.02. The van der Waals surface area contributed by atoms with Crippen molar-refractivity contribution in [1.29, 1.82) is 0 Å². The Kier molecular flexibility index (Phi) is 4.60. The van der Waals surface area contributed by atoms with Crippen LogP contribution < -0.4 is 10.6 Å². The van der Waals surface area contributed by atoms with Gasteiger partial charge in [-0.25, -0.2) is 4.98 Å². The number of hydrogen-bond acceptors (Lipinski definition) is 5. The maximum atomic E-state index is 12.0.